The third-order valence-electron chi connectivity index (χ3n) is 11.9. The first-order valence-electron chi connectivity index (χ1n) is 16.5. The Hall–Kier alpha value is -3.90. The molecule has 9 unspecified atom stereocenters. The number of rotatable bonds is 5. The molecule has 0 heterocycles. The van der Waals surface area contributed by atoms with Crippen LogP contribution in [0.25, 0.3) is 0 Å². The smallest absolute Gasteiger partial charge is 0.00944 e. The molecule has 6 aliphatic carbocycles. The summed E-state index contributed by atoms with van der Waals surface area (Å²) in [6.45, 7) is 4.90. The molecule has 6 aliphatic rings. The molecule has 2 fully saturated rings. The van der Waals surface area contributed by atoms with Crippen LogP contribution in [0.3, 0.4) is 0 Å². The maximum absolute atomic E-state index is 2.59. The van der Waals surface area contributed by atoms with E-state index in [1.165, 1.54) is 11.1 Å². The van der Waals surface area contributed by atoms with Crippen molar-refractivity contribution in [1.82, 2.24) is 0 Å². The minimum atomic E-state index is 0.122. The van der Waals surface area contributed by atoms with Crippen LogP contribution in [0.1, 0.15) is 49.7 Å². The summed E-state index contributed by atoms with van der Waals surface area (Å²) < 4.78 is 0. The second kappa shape index (κ2) is 10.7. The van der Waals surface area contributed by atoms with Gasteiger partial charge in [-0.2, -0.15) is 0 Å². The predicted octanol–water partition coefficient (Wildman–Crippen LogP) is 10.6. The average Bonchev–Trinajstić information content (AvgIpc) is 3.74. The van der Waals surface area contributed by atoms with Crippen LogP contribution >= 0.6 is 0 Å². The molecule has 0 bridgehead atoms. The van der Waals surface area contributed by atoms with Gasteiger partial charge in [-0.3, -0.25) is 0 Å². The summed E-state index contributed by atoms with van der Waals surface area (Å²) in [6.07, 6.45) is 36.5. The summed E-state index contributed by atoms with van der Waals surface area (Å²) in [7, 11) is 0. The summed E-state index contributed by atoms with van der Waals surface area (Å²) in [5, 5.41) is 0. The van der Waals surface area contributed by atoms with E-state index in [0.29, 0.717) is 47.3 Å². The normalized spacial score (nSPS) is 34.1. The molecular weight excluding hydrogens is 516 g/mol. The van der Waals surface area contributed by atoms with Crippen molar-refractivity contribution in [2.45, 2.75) is 38.5 Å². The first kappa shape index (κ1) is 26.7. The summed E-state index contributed by atoms with van der Waals surface area (Å²) in [6, 6.07) is 22.4. The Labute approximate surface area is 258 Å². The van der Waals surface area contributed by atoms with Crippen LogP contribution < -0.4 is 0 Å². The molecule has 0 amide bonds. The van der Waals surface area contributed by atoms with Crippen molar-refractivity contribution in [2.24, 2.45) is 40.9 Å². The van der Waals surface area contributed by atoms with E-state index in [4.69, 9.17) is 0 Å². The van der Waals surface area contributed by atoms with Crippen molar-refractivity contribution in [1.29, 1.82) is 0 Å². The number of hydrogen-bond donors (Lipinski definition) is 0. The standard InChI is InChI=1S/C43H42/c1-29(31-16-5-3-6-17-31)40(30(2)32-18-7-4-8-19-32)38-26-15-20-33-28-43(34-21-9-10-22-34)39-27-14-13-24-36(39)35-23-11-12-25-37(35)42(43)41(33)38/h3-21,23-27,29-30,35-37,39,41-42H,22,28H2,1-2H3. The first-order chi connectivity index (χ1) is 21.2. The summed E-state index contributed by atoms with van der Waals surface area (Å²) in [4.78, 5) is 0. The van der Waals surface area contributed by atoms with Gasteiger partial charge in [-0.1, -0.05) is 176 Å². The Kier molecular flexibility index (Phi) is 6.63. The van der Waals surface area contributed by atoms with Crippen molar-refractivity contribution in [2.75, 3.05) is 0 Å². The van der Waals surface area contributed by atoms with Crippen LogP contribution in [0.5, 0.6) is 0 Å². The highest BCUT2D eigenvalue weighted by molar-refractivity contribution is 5.54. The molecule has 8 rings (SSSR count). The zero-order valence-corrected chi connectivity index (χ0v) is 25.4. The summed E-state index contributed by atoms with van der Waals surface area (Å²) in [5.41, 5.74) is 9.43. The first-order valence-corrected chi connectivity index (χ1v) is 16.5. The molecule has 0 heteroatoms. The second-order valence-electron chi connectivity index (χ2n) is 13.6. The van der Waals surface area contributed by atoms with E-state index < -0.39 is 0 Å². The van der Waals surface area contributed by atoms with E-state index in [2.05, 4.69) is 160 Å². The van der Waals surface area contributed by atoms with Gasteiger partial charge in [0, 0.05) is 23.2 Å². The third kappa shape index (κ3) is 4.10. The SMILES string of the molecule is CC(C(=C1C=CC=C2CC3(C4=CC=CC4)C4C=CC=CC4C4C=CC=CC4C3C21)C(C)c1ccccc1)c1ccccc1. The molecule has 0 aromatic heterocycles. The van der Waals surface area contributed by atoms with Gasteiger partial charge in [-0.15, -0.1) is 0 Å². The highest BCUT2D eigenvalue weighted by Crippen LogP contribution is 2.71. The van der Waals surface area contributed by atoms with Crippen LogP contribution in [-0.2, 0) is 0 Å². The Balaban J connectivity index is 1.36. The van der Waals surface area contributed by atoms with Gasteiger partial charge in [0.2, 0.25) is 0 Å². The van der Waals surface area contributed by atoms with Crippen molar-refractivity contribution < 1.29 is 0 Å². The van der Waals surface area contributed by atoms with Crippen LogP contribution in [0.2, 0.25) is 0 Å². The van der Waals surface area contributed by atoms with Crippen molar-refractivity contribution in [3.8, 4) is 0 Å². The molecular formula is C43H42. The van der Waals surface area contributed by atoms with E-state index in [1.807, 2.05) is 0 Å². The van der Waals surface area contributed by atoms with Crippen molar-refractivity contribution >= 4 is 0 Å². The predicted molar refractivity (Wildman–Crippen MR) is 180 cm³/mol. The van der Waals surface area contributed by atoms with Crippen molar-refractivity contribution in [3.05, 3.63) is 179 Å². The van der Waals surface area contributed by atoms with Gasteiger partial charge < -0.3 is 0 Å². The molecule has 0 radical (unpaired) electrons. The minimum Gasteiger partial charge on any atom is -0.0805 e. The lowest BCUT2D eigenvalue weighted by Gasteiger charge is -2.57. The van der Waals surface area contributed by atoms with E-state index >= 15 is 0 Å². The third-order valence-corrected chi connectivity index (χ3v) is 11.9. The Morgan fingerprint density at radius 2 is 1.30 bits per heavy atom. The zero-order valence-electron chi connectivity index (χ0n) is 25.4. The maximum atomic E-state index is 2.59. The van der Waals surface area contributed by atoms with Crippen LogP contribution in [-0.4, -0.2) is 0 Å². The van der Waals surface area contributed by atoms with Gasteiger partial charge in [-0.05, 0) is 59.1 Å². The Morgan fingerprint density at radius 1 is 0.674 bits per heavy atom. The van der Waals surface area contributed by atoms with E-state index in [-0.39, 0.29) is 5.41 Å². The van der Waals surface area contributed by atoms with Crippen LogP contribution in [0.15, 0.2) is 168 Å². The van der Waals surface area contributed by atoms with E-state index in [9.17, 15) is 0 Å². The summed E-state index contributed by atoms with van der Waals surface area (Å²) >= 11 is 0. The van der Waals surface area contributed by atoms with E-state index in [1.54, 1.807) is 22.3 Å². The molecule has 2 aromatic rings. The highest BCUT2D eigenvalue weighted by Gasteiger charge is 2.64. The van der Waals surface area contributed by atoms with Gasteiger partial charge in [-0.25, -0.2) is 0 Å². The fourth-order valence-corrected chi connectivity index (χ4v) is 10.2. The molecule has 0 spiro atoms. The molecule has 2 aromatic carbocycles. The van der Waals surface area contributed by atoms with Gasteiger partial charge in [0.25, 0.3) is 0 Å². The quantitative estimate of drug-likeness (QED) is 0.342. The number of allylic oxidation sites excluding steroid dienone is 18. The monoisotopic (exact) mass is 558 g/mol. The molecule has 0 saturated heterocycles. The van der Waals surface area contributed by atoms with Crippen LogP contribution in [0, 0.1) is 40.9 Å². The molecule has 43 heavy (non-hydrogen) atoms. The topological polar surface area (TPSA) is 0 Å². The number of benzene rings is 2. The van der Waals surface area contributed by atoms with Crippen LogP contribution in [0.4, 0.5) is 0 Å². The lowest BCUT2D eigenvalue weighted by Crippen LogP contribution is -2.52. The lowest BCUT2D eigenvalue weighted by molar-refractivity contribution is 0.00702. The number of hydrogen-bond acceptors (Lipinski definition) is 0. The maximum Gasteiger partial charge on any atom is 0.00944 e. The molecule has 2 saturated carbocycles. The molecule has 214 valence electrons. The fourth-order valence-electron chi connectivity index (χ4n) is 10.2. The van der Waals surface area contributed by atoms with Gasteiger partial charge in [0.05, 0.1) is 0 Å². The Morgan fingerprint density at radius 3 is 1.95 bits per heavy atom. The molecule has 0 nitrogen and oxygen atoms in total. The Bertz CT molecular complexity index is 1620. The number of fused-ring (bicyclic) bond motifs is 8. The lowest BCUT2D eigenvalue weighted by atomic mass is 9.45. The van der Waals surface area contributed by atoms with Crippen molar-refractivity contribution in [3.63, 3.8) is 0 Å². The van der Waals surface area contributed by atoms with Gasteiger partial charge in [0.15, 0.2) is 0 Å². The largest absolute Gasteiger partial charge is 0.0805 e. The van der Waals surface area contributed by atoms with Gasteiger partial charge >= 0.3 is 0 Å². The second-order valence-corrected chi connectivity index (χ2v) is 13.6. The minimum absolute atomic E-state index is 0.122. The highest BCUT2D eigenvalue weighted by atomic mass is 14.7. The van der Waals surface area contributed by atoms with Gasteiger partial charge in [0.1, 0.15) is 0 Å². The zero-order chi connectivity index (χ0) is 29.0. The molecule has 0 aliphatic heterocycles. The molecule has 0 N–H and O–H groups in total. The molecule has 9 atom stereocenters. The fraction of sp³-hybridized carbons (Fsp3) is 0.302. The van der Waals surface area contributed by atoms with E-state index in [0.717, 1.165) is 12.8 Å². The summed E-state index contributed by atoms with van der Waals surface area (Å²) in [5.74, 6) is 3.70. The average molecular weight is 559 g/mol.